The lowest BCUT2D eigenvalue weighted by molar-refractivity contribution is 0.0947. The summed E-state index contributed by atoms with van der Waals surface area (Å²) < 4.78 is 45.0. The Morgan fingerprint density at radius 2 is 1.95 bits per heavy atom. The molecule has 1 amide bonds. The fourth-order valence-corrected chi connectivity index (χ4v) is 4.09. The predicted molar refractivity (Wildman–Crippen MR) is 78.7 cm³/mol. The van der Waals surface area contributed by atoms with Gasteiger partial charge in [-0.3, -0.25) is 4.79 Å². The van der Waals surface area contributed by atoms with Crippen molar-refractivity contribution in [1.82, 2.24) is 5.32 Å². The SMILES string of the molecule is O=C(NC1C=CS(=O)(=O)C1)c1cc(Cl)cc(S(=O)(=O)Cl)c1. The highest BCUT2D eigenvalue weighted by Gasteiger charge is 2.24. The summed E-state index contributed by atoms with van der Waals surface area (Å²) in [6, 6.07) is 2.77. The molecule has 0 saturated heterocycles. The van der Waals surface area contributed by atoms with E-state index in [0.717, 1.165) is 17.5 Å². The van der Waals surface area contributed by atoms with E-state index < -0.39 is 30.8 Å². The van der Waals surface area contributed by atoms with E-state index in [0.29, 0.717) is 0 Å². The van der Waals surface area contributed by atoms with E-state index in [1.165, 1.54) is 12.1 Å². The van der Waals surface area contributed by atoms with Gasteiger partial charge >= 0.3 is 0 Å². The Bertz CT molecular complexity index is 830. The summed E-state index contributed by atoms with van der Waals surface area (Å²) in [6.07, 6.45) is 1.34. The molecule has 0 aliphatic carbocycles. The van der Waals surface area contributed by atoms with Crippen LogP contribution in [0.1, 0.15) is 10.4 Å². The quantitative estimate of drug-likeness (QED) is 0.809. The molecule has 0 bridgehead atoms. The molecule has 1 atom stereocenters. The minimum absolute atomic E-state index is 0.0245. The van der Waals surface area contributed by atoms with Crippen LogP contribution in [-0.4, -0.2) is 34.5 Å². The monoisotopic (exact) mass is 369 g/mol. The highest BCUT2D eigenvalue weighted by Crippen LogP contribution is 2.22. The van der Waals surface area contributed by atoms with Gasteiger partial charge in [-0.1, -0.05) is 11.6 Å². The summed E-state index contributed by atoms with van der Waals surface area (Å²) in [4.78, 5) is 11.7. The zero-order chi connectivity index (χ0) is 15.8. The van der Waals surface area contributed by atoms with Gasteiger partial charge in [-0.25, -0.2) is 16.8 Å². The molecule has 1 aliphatic rings. The molecule has 1 heterocycles. The largest absolute Gasteiger partial charge is 0.345 e. The van der Waals surface area contributed by atoms with Gasteiger partial charge in [0.2, 0.25) is 0 Å². The zero-order valence-corrected chi connectivity index (χ0v) is 13.4. The van der Waals surface area contributed by atoms with E-state index in [-0.39, 0.29) is 21.2 Å². The number of halogens is 2. The molecule has 1 unspecified atom stereocenters. The number of hydrogen-bond donors (Lipinski definition) is 1. The molecule has 0 aromatic heterocycles. The van der Waals surface area contributed by atoms with Gasteiger partial charge in [0.15, 0.2) is 9.84 Å². The lowest BCUT2D eigenvalue weighted by Gasteiger charge is -2.10. The average Bonchev–Trinajstić information content (AvgIpc) is 2.66. The molecule has 6 nitrogen and oxygen atoms in total. The van der Waals surface area contributed by atoms with E-state index in [9.17, 15) is 21.6 Å². The second-order valence-corrected chi connectivity index (χ2v) is 9.29. The third kappa shape index (κ3) is 4.19. The first-order valence-electron chi connectivity index (χ1n) is 5.54. The third-order valence-electron chi connectivity index (χ3n) is 2.66. The van der Waals surface area contributed by atoms with Crippen molar-refractivity contribution >= 4 is 47.1 Å². The minimum Gasteiger partial charge on any atom is -0.345 e. The highest BCUT2D eigenvalue weighted by molar-refractivity contribution is 8.13. The van der Waals surface area contributed by atoms with Gasteiger partial charge in [-0.05, 0) is 24.3 Å². The second kappa shape index (κ2) is 5.60. The number of benzene rings is 1. The standard InChI is InChI=1S/C11H9Cl2NO5S2/c12-8-3-7(4-10(5-8)21(13,18)19)11(15)14-9-1-2-20(16,17)6-9/h1-5,9H,6H2,(H,14,15). The lowest BCUT2D eigenvalue weighted by Crippen LogP contribution is -2.35. The van der Waals surface area contributed by atoms with Crippen LogP contribution in [0.25, 0.3) is 0 Å². The highest BCUT2D eigenvalue weighted by atomic mass is 35.7. The van der Waals surface area contributed by atoms with E-state index in [1.807, 2.05) is 0 Å². The minimum atomic E-state index is -4.03. The van der Waals surface area contributed by atoms with Crippen LogP contribution >= 0.6 is 22.3 Å². The molecule has 1 aliphatic heterocycles. The zero-order valence-electron chi connectivity index (χ0n) is 10.3. The van der Waals surface area contributed by atoms with Crippen LogP contribution in [0, 0.1) is 0 Å². The van der Waals surface area contributed by atoms with Gasteiger partial charge in [0, 0.05) is 26.7 Å². The van der Waals surface area contributed by atoms with Crippen LogP contribution in [0.15, 0.2) is 34.6 Å². The first-order chi connectivity index (χ1) is 9.57. The molecule has 1 aromatic carbocycles. The number of sulfone groups is 1. The summed E-state index contributed by atoms with van der Waals surface area (Å²) in [7, 11) is -2.12. The second-order valence-electron chi connectivity index (χ2n) is 4.35. The Morgan fingerprint density at radius 1 is 1.29 bits per heavy atom. The molecule has 0 saturated carbocycles. The Kier molecular flexibility index (Phi) is 4.34. The molecule has 1 N–H and O–H groups in total. The third-order valence-corrected chi connectivity index (χ3v) is 5.61. The number of nitrogens with one attached hydrogen (secondary N) is 1. The average molecular weight is 370 g/mol. The van der Waals surface area contributed by atoms with Crippen molar-refractivity contribution in [1.29, 1.82) is 0 Å². The maximum Gasteiger partial charge on any atom is 0.261 e. The number of rotatable bonds is 3. The molecule has 0 radical (unpaired) electrons. The Morgan fingerprint density at radius 3 is 2.48 bits per heavy atom. The van der Waals surface area contributed by atoms with Crippen molar-refractivity contribution in [2.75, 3.05) is 5.75 Å². The maximum absolute atomic E-state index is 12.0. The lowest BCUT2D eigenvalue weighted by atomic mass is 10.2. The van der Waals surface area contributed by atoms with Crippen LogP contribution in [0.3, 0.4) is 0 Å². The van der Waals surface area contributed by atoms with Crippen LogP contribution < -0.4 is 5.32 Å². The molecule has 0 fully saturated rings. The Balaban J connectivity index is 2.25. The topological polar surface area (TPSA) is 97.4 Å². The number of carbonyl (C=O) groups excluding carboxylic acids is 1. The van der Waals surface area contributed by atoms with Crippen LogP contribution in [0.2, 0.25) is 5.02 Å². The summed E-state index contributed by atoms with van der Waals surface area (Å²) in [5, 5.41) is 3.50. The van der Waals surface area contributed by atoms with Crippen molar-refractivity contribution in [3.05, 3.63) is 40.3 Å². The van der Waals surface area contributed by atoms with E-state index >= 15 is 0 Å². The van der Waals surface area contributed by atoms with Gasteiger partial charge in [-0.15, -0.1) is 0 Å². The molecule has 114 valence electrons. The maximum atomic E-state index is 12.0. The molecule has 0 spiro atoms. The van der Waals surface area contributed by atoms with Crippen molar-refractivity contribution < 1.29 is 21.6 Å². The van der Waals surface area contributed by atoms with Crippen LogP contribution in [-0.2, 0) is 18.9 Å². The molecule has 21 heavy (non-hydrogen) atoms. The molecular weight excluding hydrogens is 361 g/mol. The first-order valence-corrected chi connectivity index (χ1v) is 9.94. The summed E-state index contributed by atoms with van der Waals surface area (Å²) >= 11 is 5.75. The number of hydrogen-bond acceptors (Lipinski definition) is 5. The van der Waals surface area contributed by atoms with Crippen molar-refractivity contribution in [2.45, 2.75) is 10.9 Å². The van der Waals surface area contributed by atoms with Gasteiger partial charge in [-0.2, -0.15) is 0 Å². The molecule has 1 aromatic rings. The van der Waals surface area contributed by atoms with Gasteiger partial charge in [0.1, 0.15) is 0 Å². The molecular formula is C11H9Cl2NO5S2. The van der Waals surface area contributed by atoms with Crippen LogP contribution in [0.4, 0.5) is 0 Å². The molecule has 2 rings (SSSR count). The Hall–Kier alpha value is -1.09. The number of amides is 1. The van der Waals surface area contributed by atoms with Gasteiger partial charge < -0.3 is 5.32 Å². The van der Waals surface area contributed by atoms with E-state index in [4.69, 9.17) is 22.3 Å². The summed E-state index contributed by atoms with van der Waals surface area (Å²) in [5.74, 6) is -0.884. The Labute approximate surface area is 131 Å². The van der Waals surface area contributed by atoms with Crippen molar-refractivity contribution in [2.24, 2.45) is 0 Å². The molecule has 10 heteroatoms. The fourth-order valence-electron chi connectivity index (χ4n) is 1.75. The fraction of sp³-hybridized carbons (Fsp3) is 0.182. The summed E-state index contributed by atoms with van der Waals surface area (Å²) in [6.45, 7) is 0. The number of carbonyl (C=O) groups is 1. The van der Waals surface area contributed by atoms with Gasteiger partial charge in [0.05, 0.1) is 16.7 Å². The normalized spacial score (nSPS) is 20.4. The van der Waals surface area contributed by atoms with E-state index in [1.54, 1.807) is 0 Å². The summed E-state index contributed by atoms with van der Waals surface area (Å²) in [5.41, 5.74) is -0.0283. The first kappa shape index (κ1) is 16.3. The van der Waals surface area contributed by atoms with Crippen molar-refractivity contribution in [3.8, 4) is 0 Å². The predicted octanol–water partition coefficient (Wildman–Crippen LogP) is 1.31. The van der Waals surface area contributed by atoms with E-state index in [2.05, 4.69) is 5.32 Å². The van der Waals surface area contributed by atoms with Crippen LogP contribution in [0.5, 0.6) is 0 Å². The van der Waals surface area contributed by atoms with Crippen molar-refractivity contribution in [3.63, 3.8) is 0 Å². The smallest absolute Gasteiger partial charge is 0.261 e. The van der Waals surface area contributed by atoms with Gasteiger partial charge in [0.25, 0.3) is 15.0 Å².